The summed E-state index contributed by atoms with van der Waals surface area (Å²) < 4.78 is 27.1. The van der Waals surface area contributed by atoms with E-state index in [9.17, 15) is 8.42 Å². The second-order valence-corrected chi connectivity index (χ2v) is 8.68. The Morgan fingerprint density at radius 1 is 1.20 bits per heavy atom. The van der Waals surface area contributed by atoms with Crippen molar-refractivity contribution >= 4 is 27.0 Å². The van der Waals surface area contributed by atoms with Gasteiger partial charge in [-0.25, -0.2) is 8.42 Å². The van der Waals surface area contributed by atoms with Crippen LogP contribution in [0.2, 0.25) is 0 Å². The van der Waals surface area contributed by atoms with Gasteiger partial charge in [0.1, 0.15) is 4.21 Å². The van der Waals surface area contributed by atoms with Gasteiger partial charge in [0.25, 0.3) is 10.0 Å². The molecule has 20 heavy (non-hydrogen) atoms. The van der Waals surface area contributed by atoms with Crippen LogP contribution in [0.3, 0.4) is 0 Å². The smallest absolute Gasteiger partial charge is 0.252 e. The molecule has 1 aromatic rings. The minimum Gasteiger partial charge on any atom is -0.398 e. The lowest BCUT2D eigenvalue weighted by Gasteiger charge is -2.32. The minimum atomic E-state index is -3.34. The molecule has 2 aliphatic heterocycles. The maximum absolute atomic E-state index is 12.5. The molecule has 2 fully saturated rings. The Hall–Kier alpha value is -0.630. The molecule has 1 unspecified atom stereocenters. The average Bonchev–Trinajstić information content (AvgIpc) is 3.09. The van der Waals surface area contributed by atoms with Crippen LogP contribution in [0.1, 0.15) is 25.7 Å². The zero-order valence-electron chi connectivity index (χ0n) is 11.5. The zero-order chi connectivity index (χ0) is 14.2. The van der Waals surface area contributed by atoms with Crippen molar-refractivity contribution in [1.29, 1.82) is 0 Å². The number of thiophene rings is 1. The highest BCUT2D eigenvalue weighted by atomic mass is 32.2. The second-order valence-electron chi connectivity index (χ2n) is 5.60. The largest absolute Gasteiger partial charge is 0.398 e. The number of hydrogen-bond acceptors (Lipinski definition) is 5. The zero-order valence-corrected chi connectivity index (χ0v) is 13.1. The Balaban J connectivity index is 1.70. The number of nitrogens with two attached hydrogens (primary N) is 1. The monoisotopic (exact) mass is 315 g/mol. The molecular formula is C13H21N3O2S2. The maximum Gasteiger partial charge on any atom is 0.252 e. The van der Waals surface area contributed by atoms with Crippen molar-refractivity contribution in [1.82, 2.24) is 9.21 Å². The van der Waals surface area contributed by atoms with Crippen molar-refractivity contribution < 1.29 is 8.42 Å². The van der Waals surface area contributed by atoms with Crippen LogP contribution < -0.4 is 5.73 Å². The lowest BCUT2D eigenvalue weighted by molar-refractivity contribution is 0.169. The topological polar surface area (TPSA) is 66.6 Å². The van der Waals surface area contributed by atoms with Crippen molar-refractivity contribution in [3.05, 3.63) is 11.4 Å². The molecule has 2 N–H and O–H groups in total. The van der Waals surface area contributed by atoms with Crippen molar-refractivity contribution in [3.63, 3.8) is 0 Å². The normalized spacial score (nSPS) is 26.1. The van der Waals surface area contributed by atoms with Crippen LogP contribution >= 0.6 is 11.3 Å². The molecule has 3 heterocycles. The van der Waals surface area contributed by atoms with Gasteiger partial charge < -0.3 is 5.73 Å². The summed E-state index contributed by atoms with van der Waals surface area (Å²) in [5.74, 6) is 0. The van der Waals surface area contributed by atoms with Crippen LogP contribution in [0.4, 0.5) is 5.69 Å². The van der Waals surface area contributed by atoms with E-state index in [1.54, 1.807) is 15.8 Å². The van der Waals surface area contributed by atoms with Gasteiger partial charge in [-0.1, -0.05) is 6.42 Å². The molecule has 2 saturated heterocycles. The van der Waals surface area contributed by atoms with Crippen molar-refractivity contribution in [3.8, 4) is 0 Å². The predicted molar refractivity (Wildman–Crippen MR) is 81.3 cm³/mol. The highest BCUT2D eigenvalue weighted by molar-refractivity contribution is 7.91. The predicted octanol–water partition coefficient (Wildman–Crippen LogP) is 1.58. The first-order valence-electron chi connectivity index (χ1n) is 7.15. The molecular weight excluding hydrogens is 294 g/mol. The van der Waals surface area contributed by atoms with Gasteiger partial charge in [-0.3, -0.25) is 4.90 Å². The van der Waals surface area contributed by atoms with Crippen LogP contribution in [0.15, 0.2) is 15.7 Å². The molecule has 0 bridgehead atoms. The number of sulfonamides is 1. The molecule has 7 heteroatoms. The highest BCUT2D eigenvalue weighted by Gasteiger charge is 2.36. The highest BCUT2D eigenvalue weighted by Crippen LogP contribution is 2.29. The molecule has 0 radical (unpaired) electrons. The molecule has 0 spiro atoms. The summed E-state index contributed by atoms with van der Waals surface area (Å²) in [5, 5.41) is 1.69. The molecule has 112 valence electrons. The van der Waals surface area contributed by atoms with Gasteiger partial charge in [0.2, 0.25) is 0 Å². The summed E-state index contributed by atoms with van der Waals surface area (Å²) >= 11 is 1.21. The number of piperidine rings is 1. The van der Waals surface area contributed by atoms with Gasteiger partial charge in [-0.05, 0) is 38.4 Å². The van der Waals surface area contributed by atoms with Crippen molar-refractivity contribution in [2.75, 3.05) is 31.9 Å². The van der Waals surface area contributed by atoms with Gasteiger partial charge in [0.15, 0.2) is 0 Å². The van der Waals surface area contributed by atoms with E-state index in [-0.39, 0.29) is 0 Å². The van der Waals surface area contributed by atoms with E-state index >= 15 is 0 Å². The molecule has 0 saturated carbocycles. The van der Waals surface area contributed by atoms with Crippen LogP contribution in [0.5, 0.6) is 0 Å². The lowest BCUT2D eigenvalue weighted by Crippen LogP contribution is -2.41. The van der Waals surface area contributed by atoms with Gasteiger partial charge >= 0.3 is 0 Å². The van der Waals surface area contributed by atoms with Crippen molar-refractivity contribution in [2.45, 2.75) is 35.9 Å². The SMILES string of the molecule is Nc1csc(S(=O)(=O)N2CCC(N3CCCCC3)C2)c1. The summed E-state index contributed by atoms with van der Waals surface area (Å²) in [6.07, 6.45) is 4.73. The Bertz CT molecular complexity index is 564. The van der Waals surface area contributed by atoms with Crippen LogP contribution in [-0.2, 0) is 10.0 Å². The average molecular weight is 315 g/mol. The number of likely N-dealkylation sites (tertiary alicyclic amines) is 1. The first-order chi connectivity index (χ1) is 9.57. The molecule has 5 nitrogen and oxygen atoms in total. The summed E-state index contributed by atoms with van der Waals surface area (Å²) in [4.78, 5) is 2.46. The standard InChI is InChI=1S/C13H21N3O2S2/c14-11-8-13(19-10-11)20(17,18)16-7-4-12(9-16)15-5-2-1-3-6-15/h8,10,12H,1-7,9,14H2. The maximum atomic E-state index is 12.5. The molecule has 2 aliphatic rings. The molecule has 0 amide bonds. The van der Waals surface area contributed by atoms with Gasteiger partial charge in [-0.2, -0.15) is 4.31 Å². The van der Waals surface area contributed by atoms with Gasteiger partial charge in [-0.15, -0.1) is 11.3 Å². The third-order valence-electron chi connectivity index (χ3n) is 4.22. The molecule has 0 aromatic carbocycles. The first kappa shape index (κ1) is 14.3. The molecule has 0 aliphatic carbocycles. The Labute approximate surface area is 124 Å². The van der Waals surface area contributed by atoms with Crippen LogP contribution in [0, 0.1) is 0 Å². The number of nitrogen functional groups attached to an aromatic ring is 1. The number of hydrogen-bond donors (Lipinski definition) is 1. The van der Waals surface area contributed by atoms with Gasteiger partial charge in [0, 0.05) is 30.2 Å². The summed E-state index contributed by atoms with van der Waals surface area (Å²) in [7, 11) is -3.34. The Kier molecular flexibility index (Phi) is 4.03. The quantitative estimate of drug-likeness (QED) is 0.919. The third-order valence-corrected chi connectivity index (χ3v) is 7.52. The van der Waals surface area contributed by atoms with Crippen LogP contribution in [-0.4, -0.2) is 49.8 Å². The fourth-order valence-electron chi connectivity index (χ4n) is 3.10. The minimum absolute atomic E-state index is 0.370. The molecule has 1 atom stereocenters. The summed E-state index contributed by atoms with van der Waals surface area (Å²) in [5.41, 5.74) is 6.17. The fourth-order valence-corrected chi connectivity index (χ4v) is 5.83. The van der Waals surface area contributed by atoms with Crippen LogP contribution in [0.25, 0.3) is 0 Å². The number of anilines is 1. The first-order valence-corrected chi connectivity index (χ1v) is 9.47. The second kappa shape index (κ2) is 5.63. The van der Waals surface area contributed by atoms with E-state index in [0.717, 1.165) is 19.5 Å². The van der Waals surface area contributed by atoms with E-state index in [4.69, 9.17) is 5.73 Å². The van der Waals surface area contributed by atoms with E-state index in [2.05, 4.69) is 4.90 Å². The summed E-state index contributed by atoms with van der Waals surface area (Å²) in [6, 6.07) is 1.95. The Morgan fingerprint density at radius 2 is 1.95 bits per heavy atom. The van der Waals surface area contributed by atoms with E-state index in [0.29, 0.717) is 29.0 Å². The Morgan fingerprint density at radius 3 is 2.60 bits per heavy atom. The van der Waals surface area contributed by atoms with E-state index < -0.39 is 10.0 Å². The van der Waals surface area contributed by atoms with Crippen molar-refractivity contribution in [2.24, 2.45) is 0 Å². The lowest BCUT2D eigenvalue weighted by atomic mass is 10.1. The molecule has 3 rings (SSSR count). The molecule has 1 aromatic heterocycles. The number of rotatable bonds is 3. The fraction of sp³-hybridized carbons (Fsp3) is 0.692. The summed E-state index contributed by atoms with van der Waals surface area (Å²) in [6.45, 7) is 3.48. The third kappa shape index (κ3) is 2.72. The van der Waals surface area contributed by atoms with E-state index in [1.807, 2.05) is 0 Å². The van der Waals surface area contributed by atoms with Gasteiger partial charge in [0.05, 0.1) is 0 Å². The number of nitrogens with zero attached hydrogens (tertiary/aromatic N) is 2. The van der Waals surface area contributed by atoms with E-state index in [1.165, 1.54) is 30.6 Å².